The average Bonchev–Trinajstić information content (AvgIpc) is 2.64. The summed E-state index contributed by atoms with van der Waals surface area (Å²) in [6, 6.07) is 0. The fourth-order valence-corrected chi connectivity index (χ4v) is 4.63. The van der Waals surface area contributed by atoms with Crippen LogP contribution in [0, 0.1) is 0 Å². The molecule has 1 aliphatic rings. The van der Waals surface area contributed by atoms with Crippen LogP contribution in [0.3, 0.4) is 0 Å². The lowest BCUT2D eigenvalue weighted by molar-refractivity contribution is -0.237. The summed E-state index contributed by atoms with van der Waals surface area (Å²) in [5.41, 5.74) is -0.909. The SMILES string of the molecule is CCN(CC)C(=S)S[C@@H]1O[C@H](COC(C)=O)[C@H](OC(C)=O)[C@H](OC(C)=O)[C@@H]1OC(C)=O. The maximum absolute atomic E-state index is 11.8. The molecule has 5 atom stereocenters. The van der Waals surface area contributed by atoms with Gasteiger partial charge in [-0.2, -0.15) is 0 Å². The maximum Gasteiger partial charge on any atom is 0.303 e. The van der Waals surface area contributed by atoms with Crippen molar-refractivity contribution in [1.82, 2.24) is 4.90 Å². The molecule has 1 saturated heterocycles. The van der Waals surface area contributed by atoms with Crippen molar-refractivity contribution in [3.8, 4) is 0 Å². The Morgan fingerprint density at radius 1 is 0.839 bits per heavy atom. The summed E-state index contributed by atoms with van der Waals surface area (Å²) in [5.74, 6) is -2.57. The van der Waals surface area contributed by atoms with Crippen molar-refractivity contribution in [3.63, 3.8) is 0 Å². The predicted molar refractivity (Wildman–Crippen MR) is 115 cm³/mol. The molecule has 0 aromatic heterocycles. The molecule has 0 aliphatic carbocycles. The molecule has 12 heteroatoms. The fraction of sp³-hybridized carbons (Fsp3) is 0.737. The molecule has 0 spiro atoms. The normalized spacial score (nSPS) is 25.2. The van der Waals surface area contributed by atoms with E-state index in [0.29, 0.717) is 17.4 Å². The zero-order valence-corrected chi connectivity index (χ0v) is 20.1. The van der Waals surface area contributed by atoms with Gasteiger partial charge >= 0.3 is 23.9 Å². The van der Waals surface area contributed by atoms with Gasteiger partial charge in [0.25, 0.3) is 0 Å². The molecular formula is C19H29NO9S2. The molecular weight excluding hydrogens is 450 g/mol. The highest BCUT2D eigenvalue weighted by Crippen LogP contribution is 2.35. The molecule has 0 radical (unpaired) electrons. The van der Waals surface area contributed by atoms with Crippen LogP contribution in [0.5, 0.6) is 0 Å². The third-order valence-electron chi connectivity index (χ3n) is 4.19. The smallest absolute Gasteiger partial charge is 0.303 e. The Morgan fingerprint density at radius 2 is 1.32 bits per heavy atom. The van der Waals surface area contributed by atoms with Gasteiger partial charge in [-0.25, -0.2) is 0 Å². The Morgan fingerprint density at radius 3 is 1.77 bits per heavy atom. The van der Waals surface area contributed by atoms with Gasteiger partial charge in [-0.15, -0.1) is 0 Å². The first kappa shape index (κ1) is 27.1. The topological polar surface area (TPSA) is 118 Å². The van der Waals surface area contributed by atoms with Crippen LogP contribution in [0.1, 0.15) is 41.5 Å². The van der Waals surface area contributed by atoms with E-state index in [9.17, 15) is 19.2 Å². The van der Waals surface area contributed by atoms with E-state index in [1.54, 1.807) is 0 Å². The Balaban J connectivity index is 3.35. The van der Waals surface area contributed by atoms with Crippen LogP contribution in [0.15, 0.2) is 0 Å². The minimum Gasteiger partial charge on any atom is -0.463 e. The Labute approximate surface area is 191 Å². The second kappa shape index (κ2) is 12.8. The van der Waals surface area contributed by atoms with Crippen molar-refractivity contribution in [2.45, 2.75) is 71.4 Å². The number of ether oxygens (including phenoxy) is 5. The number of carbonyl (C=O) groups is 4. The second-order valence-electron chi connectivity index (χ2n) is 6.62. The summed E-state index contributed by atoms with van der Waals surface area (Å²) in [4.78, 5) is 48.6. The Kier molecular flexibility index (Phi) is 11.2. The van der Waals surface area contributed by atoms with Crippen LogP contribution < -0.4 is 0 Å². The van der Waals surface area contributed by atoms with Gasteiger partial charge in [-0.05, 0) is 13.8 Å². The van der Waals surface area contributed by atoms with Crippen molar-refractivity contribution in [3.05, 3.63) is 0 Å². The molecule has 0 amide bonds. The number of thiocarbonyl (C=S) groups is 1. The van der Waals surface area contributed by atoms with Gasteiger partial charge in [-0.1, -0.05) is 24.0 Å². The van der Waals surface area contributed by atoms with Crippen LogP contribution in [0.2, 0.25) is 0 Å². The van der Waals surface area contributed by atoms with Crippen LogP contribution >= 0.6 is 24.0 Å². The molecule has 1 fully saturated rings. The number of rotatable bonds is 8. The number of hydrogen-bond acceptors (Lipinski definition) is 11. The van der Waals surface area contributed by atoms with E-state index >= 15 is 0 Å². The average molecular weight is 480 g/mol. The van der Waals surface area contributed by atoms with Gasteiger partial charge in [0.1, 0.15) is 17.0 Å². The molecule has 176 valence electrons. The first-order valence-corrected chi connectivity index (χ1v) is 11.0. The zero-order chi connectivity index (χ0) is 23.7. The first-order valence-electron chi connectivity index (χ1n) is 9.76. The van der Waals surface area contributed by atoms with Gasteiger partial charge in [0.2, 0.25) is 0 Å². The van der Waals surface area contributed by atoms with Crippen LogP contribution in [0.25, 0.3) is 0 Å². The molecule has 0 aromatic carbocycles. The minimum absolute atomic E-state index is 0.271. The van der Waals surface area contributed by atoms with Crippen molar-refractivity contribution in [1.29, 1.82) is 0 Å². The molecule has 0 unspecified atom stereocenters. The monoisotopic (exact) mass is 479 g/mol. The maximum atomic E-state index is 11.8. The molecule has 1 heterocycles. The minimum atomic E-state index is -1.20. The molecule has 31 heavy (non-hydrogen) atoms. The van der Waals surface area contributed by atoms with E-state index < -0.39 is 53.7 Å². The molecule has 0 N–H and O–H groups in total. The summed E-state index contributed by atoms with van der Waals surface area (Å²) in [6.07, 6.45) is -4.49. The van der Waals surface area contributed by atoms with Crippen molar-refractivity contribution < 1.29 is 42.9 Å². The zero-order valence-electron chi connectivity index (χ0n) is 18.4. The van der Waals surface area contributed by atoms with Crippen LogP contribution in [-0.2, 0) is 42.9 Å². The number of hydrogen-bond donors (Lipinski definition) is 0. The lowest BCUT2D eigenvalue weighted by atomic mass is 9.99. The molecule has 1 aliphatic heterocycles. The largest absolute Gasteiger partial charge is 0.463 e. The highest BCUT2D eigenvalue weighted by molar-refractivity contribution is 8.23. The van der Waals surface area contributed by atoms with E-state index in [4.69, 9.17) is 35.9 Å². The predicted octanol–water partition coefficient (Wildman–Crippen LogP) is 1.43. The lowest BCUT2D eigenvalue weighted by Crippen LogP contribution is -2.61. The number of thioether (sulfide) groups is 1. The van der Waals surface area contributed by atoms with Crippen molar-refractivity contribution in [2.24, 2.45) is 0 Å². The molecule has 0 saturated carbocycles. The highest BCUT2D eigenvalue weighted by atomic mass is 32.2. The van der Waals surface area contributed by atoms with Crippen molar-refractivity contribution in [2.75, 3.05) is 19.7 Å². The summed E-state index contributed by atoms with van der Waals surface area (Å²) >= 11 is 6.59. The van der Waals surface area contributed by atoms with Crippen LogP contribution in [-0.4, -0.2) is 82.6 Å². The summed E-state index contributed by atoms with van der Waals surface area (Å²) in [6.45, 7) is 9.65. The number of esters is 4. The molecule has 0 aromatic rings. The lowest BCUT2D eigenvalue weighted by Gasteiger charge is -2.44. The number of nitrogens with zero attached hydrogens (tertiary/aromatic N) is 1. The van der Waals surface area contributed by atoms with Crippen molar-refractivity contribution >= 4 is 52.2 Å². The van der Waals surface area contributed by atoms with Gasteiger partial charge in [0.05, 0.1) is 0 Å². The van der Waals surface area contributed by atoms with Crippen LogP contribution in [0.4, 0.5) is 0 Å². The second-order valence-corrected chi connectivity index (χ2v) is 8.36. The third-order valence-corrected chi connectivity index (χ3v) is 5.81. The van der Waals surface area contributed by atoms with E-state index in [2.05, 4.69) is 0 Å². The Bertz CT molecular complexity index is 683. The fourth-order valence-electron chi connectivity index (χ4n) is 2.94. The number of carbonyl (C=O) groups excluding carboxylic acids is 4. The van der Waals surface area contributed by atoms with E-state index in [-0.39, 0.29) is 6.61 Å². The quantitative estimate of drug-likeness (QED) is 0.285. The van der Waals surface area contributed by atoms with Gasteiger partial charge in [-0.3, -0.25) is 19.2 Å². The van der Waals surface area contributed by atoms with Gasteiger partial charge in [0.15, 0.2) is 23.7 Å². The standard InChI is InChI=1S/C19H29NO9S2/c1-7-20(8-2)19(30)31-18-17(28-13(6)24)16(27-12(5)23)15(26-11(4)22)14(29-18)9-25-10(3)21/h14-18H,7-9H2,1-6H3/t14-,15+,16+,17+,18+/m1/s1. The molecule has 1 rings (SSSR count). The van der Waals surface area contributed by atoms with E-state index in [1.807, 2.05) is 18.7 Å². The summed E-state index contributed by atoms with van der Waals surface area (Å²) in [7, 11) is 0. The Hall–Kier alpha value is -1.92. The first-order chi connectivity index (χ1) is 14.5. The van der Waals surface area contributed by atoms with E-state index in [0.717, 1.165) is 11.8 Å². The van der Waals surface area contributed by atoms with Gasteiger partial charge < -0.3 is 28.6 Å². The third kappa shape index (κ3) is 8.62. The van der Waals surface area contributed by atoms with Gasteiger partial charge in [0, 0.05) is 40.8 Å². The highest BCUT2D eigenvalue weighted by Gasteiger charge is 2.52. The summed E-state index contributed by atoms with van der Waals surface area (Å²) < 4.78 is 27.7. The summed E-state index contributed by atoms with van der Waals surface area (Å²) in [5, 5.41) is 0. The molecule has 10 nitrogen and oxygen atoms in total. The van der Waals surface area contributed by atoms with E-state index in [1.165, 1.54) is 27.7 Å². The molecule has 0 bridgehead atoms.